The Kier molecular flexibility index (Phi) is 5.99. The Hall–Kier alpha value is -3.96. The summed E-state index contributed by atoms with van der Waals surface area (Å²) in [6.45, 7) is -0.0260. The number of hydrogen-bond donors (Lipinski definition) is 0. The van der Waals surface area contributed by atoms with Gasteiger partial charge in [-0.05, 0) is 35.5 Å². The molecular weight excluding hydrogens is 474 g/mol. The minimum atomic E-state index is -0.560. The quantitative estimate of drug-likeness (QED) is 0.248. The maximum Gasteiger partial charge on any atom is 0.293 e. The molecule has 12 heteroatoms. The van der Waals surface area contributed by atoms with Crippen molar-refractivity contribution in [2.45, 2.75) is 6.54 Å². The van der Waals surface area contributed by atoms with Gasteiger partial charge < -0.3 is 4.42 Å². The first-order valence-electron chi connectivity index (χ1n) is 9.26. The minimum Gasteiger partial charge on any atom is -0.457 e. The van der Waals surface area contributed by atoms with E-state index in [9.17, 15) is 29.8 Å². The van der Waals surface area contributed by atoms with Crippen LogP contribution >= 0.6 is 23.4 Å². The van der Waals surface area contributed by atoms with E-state index in [0.29, 0.717) is 22.6 Å². The van der Waals surface area contributed by atoms with E-state index in [2.05, 4.69) is 0 Å². The third-order valence-corrected chi connectivity index (χ3v) is 5.91. The van der Waals surface area contributed by atoms with Gasteiger partial charge >= 0.3 is 0 Å². The third-order valence-electron chi connectivity index (χ3n) is 4.69. The average Bonchev–Trinajstić information content (AvgIpc) is 3.34. The molecule has 2 amide bonds. The van der Waals surface area contributed by atoms with Crippen LogP contribution in [0.3, 0.4) is 0 Å². The first kappa shape index (κ1) is 22.2. The molecule has 1 saturated heterocycles. The largest absolute Gasteiger partial charge is 0.457 e. The zero-order valence-electron chi connectivity index (χ0n) is 16.5. The van der Waals surface area contributed by atoms with Crippen LogP contribution in [0.1, 0.15) is 11.3 Å². The summed E-state index contributed by atoms with van der Waals surface area (Å²) in [5.74, 6) is 0.112. The molecule has 0 atom stereocenters. The first-order valence-corrected chi connectivity index (χ1v) is 10.5. The highest BCUT2D eigenvalue weighted by Crippen LogP contribution is 2.36. The van der Waals surface area contributed by atoms with E-state index in [4.69, 9.17) is 16.0 Å². The van der Waals surface area contributed by atoms with Gasteiger partial charge in [0.15, 0.2) is 0 Å². The number of halogens is 1. The molecule has 0 saturated carbocycles. The highest BCUT2D eigenvalue weighted by Gasteiger charge is 2.35. The fraction of sp³-hybridized carbons (Fsp3) is 0.0476. The van der Waals surface area contributed by atoms with Crippen LogP contribution < -0.4 is 0 Å². The topological polar surface area (TPSA) is 137 Å². The van der Waals surface area contributed by atoms with Gasteiger partial charge in [-0.15, -0.1) is 0 Å². The van der Waals surface area contributed by atoms with Gasteiger partial charge in [-0.25, -0.2) is 0 Å². The number of nitrogens with zero attached hydrogens (tertiary/aromatic N) is 3. The first-order chi connectivity index (χ1) is 15.7. The van der Waals surface area contributed by atoms with Crippen molar-refractivity contribution in [1.29, 1.82) is 0 Å². The molecular formula is C21H12ClN3O7S. The number of nitro benzene ring substituents is 2. The van der Waals surface area contributed by atoms with Gasteiger partial charge in [0.2, 0.25) is 0 Å². The van der Waals surface area contributed by atoms with Crippen LogP contribution in [-0.2, 0) is 11.3 Å². The van der Waals surface area contributed by atoms with Crippen LogP contribution in [-0.4, -0.2) is 25.9 Å². The zero-order valence-corrected chi connectivity index (χ0v) is 18.0. The second kappa shape index (κ2) is 8.88. The second-order valence-electron chi connectivity index (χ2n) is 6.81. The number of rotatable bonds is 6. The van der Waals surface area contributed by atoms with Crippen molar-refractivity contribution >= 4 is 52.0 Å². The minimum absolute atomic E-state index is 0.0260. The highest BCUT2D eigenvalue weighted by atomic mass is 35.5. The van der Waals surface area contributed by atoms with E-state index in [1.54, 1.807) is 12.1 Å². The summed E-state index contributed by atoms with van der Waals surface area (Å²) in [5.41, 5.74) is 0.761. The summed E-state index contributed by atoms with van der Waals surface area (Å²) >= 11 is 6.87. The van der Waals surface area contributed by atoms with Crippen LogP contribution in [0.4, 0.5) is 16.2 Å². The Morgan fingerprint density at radius 2 is 1.64 bits per heavy atom. The summed E-state index contributed by atoms with van der Waals surface area (Å²) in [4.78, 5) is 46.8. The van der Waals surface area contributed by atoms with E-state index in [1.807, 2.05) is 0 Å². The molecule has 1 aliphatic heterocycles. The standard InChI is InChI=1S/C21H12ClN3O7S/c22-17-9-14(25(30)31)5-7-16(17)18-8-6-15(32-18)10-19-20(26)23(21(27)33-19)11-12-1-3-13(4-2-12)24(28)29/h1-10H,11H2/b19-10-. The van der Waals surface area contributed by atoms with Crippen molar-refractivity contribution in [2.75, 3.05) is 0 Å². The second-order valence-corrected chi connectivity index (χ2v) is 8.22. The Labute approximate surface area is 194 Å². The fourth-order valence-corrected chi connectivity index (χ4v) is 4.15. The molecule has 2 aromatic carbocycles. The lowest BCUT2D eigenvalue weighted by Gasteiger charge is -2.12. The van der Waals surface area contributed by atoms with Gasteiger partial charge in [0.1, 0.15) is 11.5 Å². The summed E-state index contributed by atoms with van der Waals surface area (Å²) in [6.07, 6.45) is 1.42. The number of nitro groups is 2. The number of thioether (sulfide) groups is 1. The van der Waals surface area contributed by atoms with Gasteiger partial charge in [0, 0.05) is 35.9 Å². The molecule has 1 aromatic heterocycles. The summed E-state index contributed by atoms with van der Waals surface area (Å²) in [5, 5.41) is 21.3. The predicted molar refractivity (Wildman–Crippen MR) is 120 cm³/mol. The molecule has 0 unspecified atom stereocenters. The average molecular weight is 486 g/mol. The maximum absolute atomic E-state index is 12.7. The molecule has 0 bridgehead atoms. The SMILES string of the molecule is O=C1S/C(=C\c2ccc(-c3ccc([N+](=O)[O-])cc3Cl)o2)C(=O)N1Cc1ccc([N+](=O)[O-])cc1. The number of imide groups is 1. The summed E-state index contributed by atoms with van der Waals surface area (Å²) in [6, 6.07) is 12.7. The van der Waals surface area contributed by atoms with Crippen molar-refractivity contribution in [2.24, 2.45) is 0 Å². The van der Waals surface area contributed by atoms with Crippen LogP contribution in [0, 0.1) is 20.2 Å². The molecule has 1 aliphatic rings. The molecule has 0 spiro atoms. The van der Waals surface area contributed by atoms with Crippen LogP contribution in [0.2, 0.25) is 5.02 Å². The fourth-order valence-electron chi connectivity index (χ4n) is 3.06. The van der Waals surface area contributed by atoms with E-state index in [-0.39, 0.29) is 27.8 Å². The molecule has 33 heavy (non-hydrogen) atoms. The lowest BCUT2D eigenvalue weighted by atomic mass is 10.1. The summed E-state index contributed by atoms with van der Waals surface area (Å²) in [7, 11) is 0. The highest BCUT2D eigenvalue weighted by molar-refractivity contribution is 8.18. The van der Waals surface area contributed by atoms with Crippen molar-refractivity contribution < 1.29 is 23.9 Å². The van der Waals surface area contributed by atoms with Gasteiger partial charge in [-0.1, -0.05) is 23.7 Å². The Morgan fingerprint density at radius 3 is 2.27 bits per heavy atom. The van der Waals surface area contributed by atoms with Crippen molar-refractivity contribution in [3.8, 4) is 11.3 Å². The number of carbonyl (C=O) groups is 2. The van der Waals surface area contributed by atoms with Crippen molar-refractivity contribution in [1.82, 2.24) is 4.90 Å². The van der Waals surface area contributed by atoms with Gasteiger partial charge in [-0.3, -0.25) is 34.7 Å². The lowest BCUT2D eigenvalue weighted by Crippen LogP contribution is -2.27. The number of non-ortho nitro benzene ring substituents is 2. The molecule has 2 heterocycles. The van der Waals surface area contributed by atoms with Crippen LogP contribution in [0.25, 0.3) is 17.4 Å². The molecule has 1 fully saturated rings. The van der Waals surface area contributed by atoms with E-state index < -0.39 is 21.0 Å². The van der Waals surface area contributed by atoms with E-state index >= 15 is 0 Å². The van der Waals surface area contributed by atoms with Gasteiger partial charge in [0.25, 0.3) is 22.5 Å². The number of furan rings is 1. The monoisotopic (exact) mass is 485 g/mol. The van der Waals surface area contributed by atoms with E-state index in [0.717, 1.165) is 16.7 Å². The zero-order chi connectivity index (χ0) is 23.7. The molecule has 0 aliphatic carbocycles. The van der Waals surface area contributed by atoms with Crippen molar-refractivity contribution in [3.05, 3.63) is 96.1 Å². The normalized spacial score (nSPS) is 14.8. The maximum atomic E-state index is 12.7. The number of amides is 2. The Morgan fingerprint density at radius 1 is 0.970 bits per heavy atom. The Bertz CT molecular complexity index is 1330. The number of benzene rings is 2. The molecule has 3 aromatic rings. The van der Waals surface area contributed by atoms with Gasteiger partial charge in [-0.2, -0.15) is 0 Å². The van der Waals surface area contributed by atoms with Crippen LogP contribution in [0.5, 0.6) is 0 Å². The molecule has 4 rings (SSSR count). The predicted octanol–water partition coefficient (Wildman–Crippen LogP) is 5.65. The van der Waals surface area contributed by atoms with Gasteiger partial charge in [0.05, 0.1) is 26.3 Å². The van der Waals surface area contributed by atoms with Crippen LogP contribution in [0.15, 0.2) is 63.9 Å². The third kappa shape index (κ3) is 4.64. The lowest BCUT2D eigenvalue weighted by molar-refractivity contribution is -0.385. The summed E-state index contributed by atoms with van der Waals surface area (Å²) < 4.78 is 5.70. The molecule has 0 radical (unpaired) electrons. The molecule has 166 valence electrons. The Balaban J connectivity index is 1.52. The van der Waals surface area contributed by atoms with E-state index in [1.165, 1.54) is 48.5 Å². The molecule has 10 nitrogen and oxygen atoms in total. The smallest absolute Gasteiger partial charge is 0.293 e. The number of hydrogen-bond acceptors (Lipinski definition) is 8. The number of carbonyl (C=O) groups excluding carboxylic acids is 2. The van der Waals surface area contributed by atoms with Crippen molar-refractivity contribution in [3.63, 3.8) is 0 Å². The molecule has 0 N–H and O–H groups in total.